The Kier molecular flexibility index (Phi) is 3.02. The summed E-state index contributed by atoms with van der Waals surface area (Å²) in [5, 5.41) is 0. The quantitative estimate of drug-likeness (QED) is 0.472. The molecule has 1 saturated carbocycles. The molecule has 9 heavy (non-hydrogen) atoms. The number of hydrogen-bond acceptors (Lipinski definition) is 0. The molecule has 0 aliphatic heterocycles. The van der Waals surface area contributed by atoms with Gasteiger partial charge >= 0.3 is 0 Å². The van der Waals surface area contributed by atoms with Gasteiger partial charge in [0.2, 0.25) is 0 Å². The predicted octanol–water partition coefficient (Wildman–Crippen LogP) is 3.07. The van der Waals surface area contributed by atoms with Crippen molar-refractivity contribution in [3.05, 3.63) is 0 Å². The molecule has 0 spiro atoms. The molecule has 1 rings (SSSR count). The summed E-state index contributed by atoms with van der Waals surface area (Å²) in [6.07, 6.45) is 7.21. The van der Waals surface area contributed by atoms with Gasteiger partial charge in [0.05, 0.1) is 0 Å². The second-order valence-corrected chi connectivity index (χ2v) is 2.94. The van der Waals surface area contributed by atoms with E-state index in [1.54, 1.807) is 0 Å². The largest absolute Gasteiger partial charge is 0.247 e. The highest BCUT2D eigenvalue weighted by Gasteiger charge is 2.07. The van der Waals surface area contributed by atoms with Gasteiger partial charge in [0, 0.05) is 0 Å². The minimum atomic E-state index is -0.481. The molecule has 0 aromatic rings. The van der Waals surface area contributed by atoms with Crippen LogP contribution in [-0.2, 0) is 0 Å². The lowest BCUT2D eigenvalue weighted by atomic mass is 10.00. The molecule has 1 aliphatic carbocycles. The molecule has 0 amide bonds. The zero-order valence-electron chi connectivity index (χ0n) is 5.91. The van der Waals surface area contributed by atoms with Crippen LogP contribution in [0.25, 0.3) is 0 Å². The standard InChI is InChI=1S/C8H15F/c9-8-6-4-2-1-3-5-7-8/h8H,1-7H2. The molecular formula is C8H15F. The Labute approximate surface area is 56.5 Å². The molecule has 0 N–H and O–H groups in total. The van der Waals surface area contributed by atoms with Crippen LogP contribution in [0, 0.1) is 0 Å². The number of hydrogen-bond donors (Lipinski definition) is 0. The fourth-order valence-corrected chi connectivity index (χ4v) is 1.41. The van der Waals surface area contributed by atoms with Crippen molar-refractivity contribution >= 4 is 0 Å². The van der Waals surface area contributed by atoms with Gasteiger partial charge in [0.1, 0.15) is 6.17 Å². The average Bonchev–Trinajstić information content (AvgIpc) is 1.79. The third-order valence-electron chi connectivity index (χ3n) is 2.03. The van der Waals surface area contributed by atoms with Crippen LogP contribution in [0.4, 0.5) is 4.39 Å². The molecule has 0 saturated heterocycles. The maximum atomic E-state index is 12.6. The first-order valence-corrected chi connectivity index (χ1v) is 4.03. The van der Waals surface area contributed by atoms with Gasteiger partial charge in [0.25, 0.3) is 0 Å². The highest BCUT2D eigenvalue weighted by Crippen LogP contribution is 2.18. The smallest absolute Gasteiger partial charge is 0.100 e. The van der Waals surface area contributed by atoms with E-state index in [1.807, 2.05) is 0 Å². The maximum absolute atomic E-state index is 12.6. The zero-order valence-corrected chi connectivity index (χ0v) is 5.91. The van der Waals surface area contributed by atoms with E-state index in [1.165, 1.54) is 19.3 Å². The van der Waals surface area contributed by atoms with Crippen molar-refractivity contribution in [2.45, 2.75) is 51.1 Å². The highest BCUT2D eigenvalue weighted by molar-refractivity contribution is 4.60. The lowest BCUT2D eigenvalue weighted by Gasteiger charge is -2.11. The minimum Gasteiger partial charge on any atom is -0.247 e. The first kappa shape index (κ1) is 7.04. The molecule has 0 unspecified atom stereocenters. The van der Waals surface area contributed by atoms with Crippen LogP contribution in [-0.4, -0.2) is 6.17 Å². The molecule has 0 nitrogen and oxygen atoms in total. The summed E-state index contributed by atoms with van der Waals surface area (Å²) in [5.41, 5.74) is 0. The van der Waals surface area contributed by atoms with Gasteiger partial charge < -0.3 is 0 Å². The van der Waals surface area contributed by atoms with Crippen molar-refractivity contribution in [3.8, 4) is 0 Å². The summed E-state index contributed by atoms with van der Waals surface area (Å²) in [5.74, 6) is 0. The molecule has 0 atom stereocenters. The van der Waals surface area contributed by atoms with E-state index in [0.717, 1.165) is 25.7 Å². The van der Waals surface area contributed by atoms with Gasteiger partial charge in [-0.15, -0.1) is 0 Å². The van der Waals surface area contributed by atoms with Crippen molar-refractivity contribution in [2.75, 3.05) is 0 Å². The molecule has 0 heterocycles. The third-order valence-corrected chi connectivity index (χ3v) is 2.03. The van der Waals surface area contributed by atoms with Gasteiger partial charge in [-0.2, -0.15) is 0 Å². The lowest BCUT2D eigenvalue weighted by Crippen LogP contribution is -2.02. The molecule has 54 valence electrons. The summed E-state index contributed by atoms with van der Waals surface area (Å²) in [7, 11) is 0. The molecule has 1 fully saturated rings. The molecule has 0 radical (unpaired) electrons. The van der Waals surface area contributed by atoms with E-state index in [-0.39, 0.29) is 0 Å². The first-order valence-electron chi connectivity index (χ1n) is 4.03. The van der Waals surface area contributed by atoms with E-state index in [2.05, 4.69) is 0 Å². The molecule has 0 bridgehead atoms. The van der Waals surface area contributed by atoms with Gasteiger partial charge in [-0.3, -0.25) is 0 Å². The van der Waals surface area contributed by atoms with Crippen molar-refractivity contribution in [1.82, 2.24) is 0 Å². The van der Waals surface area contributed by atoms with Crippen LogP contribution in [0.15, 0.2) is 0 Å². The SMILES string of the molecule is FC1CCCCCCC1. The number of rotatable bonds is 0. The van der Waals surface area contributed by atoms with Crippen LogP contribution in [0.2, 0.25) is 0 Å². The van der Waals surface area contributed by atoms with Crippen molar-refractivity contribution in [3.63, 3.8) is 0 Å². The van der Waals surface area contributed by atoms with E-state index >= 15 is 0 Å². The lowest BCUT2D eigenvalue weighted by molar-refractivity contribution is 0.267. The van der Waals surface area contributed by atoms with E-state index in [4.69, 9.17) is 0 Å². The van der Waals surface area contributed by atoms with Gasteiger partial charge in [-0.1, -0.05) is 32.1 Å². The summed E-state index contributed by atoms with van der Waals surface area (Å²) < 4.78 is 12.6. The molecule has 0 aromatic heterocycles. The maximum Gasteiger partial charge on any atom is 0.100 e. The number of alkyl halides is 1. The van der Waals surface area contributed by atoms with Crippen LogP contribution < -0.4 is 0 Å². The van der Waals surface area contributed by atoms with Crippen LogP contribution >= 0.6 is 0 Å². The average molecular weight is 130 g/mol. The Balaban J connectivity index is 2.12. The number of halogens is 1. The fraction of sp³-hybridized carbons (Fsp3) is 1.00. The van der Waals surface area contributed by atoms with Crippen molar-refractivity contribution in [1.29, 1.82) is 0 Å². The second kappa shape index (κ2) is 3.86. The summed E-state index contributed by atoms with van der Waals surface area (Å²) in [6, 6.07) is 0. The highest BCUT2D eigenvalue weighted by atomic mass is 19.1. The monoisotopic (exact) mass is 130 g/mol. The summed E-state index contributed by atoms with van der Waals surface area (Å²) in [6.45, 7) is 0. The van der Waals surface area contributed by atoms with E-state index < -0.39 is 6.17 Å². The van der Waals surface area contributed by atoms with Gasteiger partial charge in [0.15, 0.2) is 0 Å². The van der Waals surface area contributed by atoms with Gasteiger partial charge in [-0.25, -0.2) is 4.39 Å². The zero-order chi connectivity index (χ0) is 6.53. The molecular weight excluding hydrogens is 115 g/mol. The van der Waals surface area contributed by atoms with Gasteiger partial charge in [-0.05, 0) is 12.8 Å². The first-order chi connectivity index (χ1) is 4.39. The Morgan fingerprint density at radius 3 is 1.78 bits per heavy atom. The van der Waals surface area contributed by atoms with Crippen molar-refractivity contribution < 1.29 is 4.39 Å². The third kappa shape index (κ3) is 2.83. The Hall–Kier alpha value is -0.0700. The van der Waals surface area contributed by atoms with E-state index in [9.17, 15) is 4.39 Å². The Morgan fingerprint density at radius 1 is 0.778 bits per heavy atom. The van der Waals surface area contributed by atoms with E-state index in [0.29, 0.717) is 0 Å². The summed E-state index contributed by atoms with van der Waals surface area (Å²) >= 11 is 0. The predicted molar refractivity (Wildman–Crippen MR) is 37.2 cm³/mol. The topological polar surface area (TPSA) is 0 Å². The second-order valence-electron chi connectivity index (χ2n) is 2.94. The van der Waals surface area contributed by atoms with Crippen molar-refractivity contribution in [2.24, 2.45) is 0 Å². The van der Waals surface area contributed by atoms with Crippen LogP contribution in [0.3, 0.4) is 0 Å². The summed E-state index contributed by atoms with van der Waals surface area (Å²) in [4.78, 5) is 0. The molecule has 1 heteroatoms. The van der Waals surface area contributed by atoms with Crippen LogP contribution in [0.5, 0.6) is 0 Å². The Bertz CT molecular complexity index is 63.0. The molecule has 0 aromatic carbocycles. The normalized spacial score (nSPS) is 25.0. The minimum absolute atomic E-state index is 0.481. The Morgan fingerprint density at radius 2 is 1.22 bits per heavy atom. The van der Waals surface area contributed by atoms with Crippen LogP contribution in [0.1, 0.15) is 44.9 Å². The molecule has 1 aliphatic rings. The fourth-order valence-electron chi connectivity index (χ4n) is 1.41.